The van der Waals surface area contributed by atoms with Crippen LogP contribution in [0.5, 0.6) is 0 Å². The van der Waals surface area contributed by atoms with E-state index in [1.54, 1.807) is 0 Å². The molecule has 2 aliphatic heterocycles. The summed E-state index contributed by atoms with van der Waals surface area (Å²) in [5.41, 5.74) is 5.02. The number of carbonyl (C=O) groups excluding carboxylic acids is 1. The van der Waals surface area contributed by atoms with Gasteiger partial charge in [-0.25, -0.2) is 0 Å². The summed E-state index contributed by atoms with van der Waals surface area (Å²) >= 11 is 0. The fourth-order valence-corrected chi connectivity index (χ4v) is 5.01. The second kappa shape index (κ2) is 8.76. The predicted molar refractivity (Wildman–Crippen MR) is 127 cm³/mol. The van der Waals surface area contributed by atoms with E-state index in [0.717, 1.165) is 61.5 Å². The Balaban J connectivity index is 1.55. The molecule has 1 N–H and O–H groups in total. The van der Waals surface area contributed by atoms with Crippen molar-refractivity contribution in [3.05, 3.63) is 80.2 Å². The van der Waals surface area contributed by atoms with Crippen LogP contribution in [0.2, 0.25) is 0 Å². The number of carbonyl (C=O) groups is 1. The average molecular weight is 448 g/mol. The number of fused-ring (bicyclic) bond motifs is 2. The van der Waals surface area contributed by atoms with Gasteiger partial charge in [-0.05, 0) is 49.6 Å². The Morgan fingerprint density at radius 2 is 1.70 bits per heavy atom. The van der Waals surface area contributed by atoms with E-state index in [1.165, 1.54) is 4.90 Å². The van der Waals surface area contributed by atoms with Gasteiger partial charge >= 0.3 is 0 Å². The van der Waals surface area contributed by atoms with Crippen LogP contribution in [0.1, 0.15) is 50.8 Å². The standard InChI is InChI=1S/C27H30N2O4/c1-17-5-7-20(8-6-17)24-23-25(30)21-15-18(2)19(3)16-22(21)33-26(23)27(31)29(24)10-4-9-28-11-13-32-14-12-28/h5-8,15-16,24H,4,9-14H2,1-3H3/p+1. The van der Waals surface area contributed by atoms with Crippen molar-refractivity contribution in [2.24, 2.45) is 0 Å². The first-order valence-electron chi connectivity index (χ1n) is 11.8. The normalized spacial score (nSPS) is 18.8. The lowest BCUT2D eigenvalue weighted by atomic mass is 9.97. The minimum absolute atomic E-state index is 0.102. The molecule has 172 valence electrons. The Bertz CT molecular complexity index is 1260. The van der Waals surface area contributed by atoms with Crippen LogP contribution in [0.25, 0.3) is 11.0 Å². The molecule has 1 amide bonds. The van der Waals surface area contributed by atoms with Gasteiger partial charge in [-0.2, -0.15) is 0 Å². The molecular weight excluding hydrogens is 416 g/mol. The summed E-state index contributed by atoms with van der Waals surface area (Å²) < 4.78 is 11.6. The number of nitrogens with zero attached hydrogens (tertiary/aromatic N) is 1. The lowest BCUT2D eigenvalue weighted by Crippen LogP contribution is -3.14. The Labute approximate surface area is 193 Å². The Hall–Kier alpha value is -2.96. The van der Waals surface area contributed by atoms with Crippen molar-refractivity contribution in [1.82, 2.24) is 4.90 Å². The number of nitrogens with one attached hydrogen (secondary N) is 1. The topological polar surface area (TPSA) is 64.2 Å². The molecule has 2 aliphatic rings. The van der Waals surface area contributed by atoms with E-state index in [1.807, 2.05) is 62.1 Å². The van der Waals surface area contributed by atoms with E-state index in [4.69, 9.17) is 9.15 Å². The number of amides is 1. The van der Waals surface area contributed by atoms with Crippen LogP contribution >= 0.6 is 0 Å². The van der Waals surface area contributed by atoms with Crippen molar-refractivity contribution in [2.75, 3.05) is 39.4 Å². The first-order chi connectivity index (χ1) is 15.9. The third-order valence-corrected chi connectivity index (χ3v) is 7.10. The Kier molecular flexibility index (Phi) is 5.81. The van der Waals surface area contributed by atoms with E-state index < -0.39 is 6.04 Å². The summed E-state index contributed by atoms with van der Waals surface area (Å²) in [6.45, 7) is 11.2. The quantitative estimate of drug-likeness (QED) is 0.653. The van der Waals surface area contributed by atoms with Gasteiger partial charge in [-0.3, -0.25) is 9.59 Å². The maximum Gasteiger partial charge on any atom is 0.290 e. The predicted octanol–water partition coefficient (Wildman–Crippen LogP) is 2.57. The van der Waals surface area contributed by atoms with Gasteiger partial charge in [0.2, 0.25) is 5.76 Å². The lowest BCUT2D eigenvalue weighted by molar-refractivity contribution is -0.908. The molecule has 5 rings (SSSR count). The molecule has 6 heteroatoms. The maximum absolute atomic E-state index is 13.7. The van der Waals surface area contributed by atoms with Gasteiger partial charge in [-0.1, -0.05) is 29.8 Å². The Morgan fingerprint density at radius 1 is 1.00 bits per heavy atom. The molecule has 33 heavy (non-hydrogen) atoms. The SMILES string of the molecule is Cc1ccc(C2c3c(oc4cc(C)c(C)cc4c3=O)C(=O)N2CCC[NH+]2CCOCC2)cc1. The molecule has 1 fully saturated rings. The molecule has 6 nitrogen and oxygen atoms in total. The zero-order valence-corrected chi connectivity index (χ0v) is 19.6. The third-order valence-electron chi connectivity index (χ3n) is 7.10. The zero-order chi connectivity index (χ0) is 23.1. The van der Waals surface area contributed by atoms with Gasteiger partial charge in [0.1, 0.15) is 18.7 Å². The van der Waals surface area contributed by atoms with E-state index in [9.17, 15) is 9.59 Å². The summed E-state index contributed by atoms with van der Waals surface area (Å²) in [7, 11) is 0. The van der Waals surface area contributed by atoms with Gasteiger partial charge in [0.25, 0.3) is 5.91 Å². The fourth-order valence-electron chi connectivity index (χ4n) is 5.01. The minimum Gasteiger partial charge on any atom is -0.450 e. The van der Waals surface area contributed by atoms with Gasteiger partial charge in [0.05, 0.1) is 36.8 Å². The van der Waals surface area contributed by atoms with Crippen molar-refractivity contribution in [3.8, 4) is 0 Å². The third kappa shape index (κ3) is 3.98. The van der Waals surface area contributed by atoms with Crippen LogP contribution in [0, 0.1) is 20.8 Å². The molecule has 1 saturated heterocycles. The molecule has 3 aromatic rings. The van der Waals surface area contributed by atoms with E-state index >= 15 is 0 Å². The molecule has 1 aromatic heterocycles. The van der Waals surface area contributed by atoms with Crippen molar-refractivity contribution in [1.29, 1.82) is 0 Å². The monoisotopic (exact) mass is 447 g/mol. The number of quaternary nitrogens is 1. The van der Waals surface area contributed by atoms with Crippen LogP contribution in [0.15, 0.2) is 45.6 Å². The summed E-state index contributed by atoms with van der Waals surface area (Å²) in [5, 5.41) is 0.543. The molecule has 0 saturated carbocycles. The Morgan fingerprint density at radius 3 is 2.42 bits per heavy atom. The first kappa shape index (κ1) is 21.9. The molecule has 2 aromatic carbocycles. The summed E-state index contributed by atoms with van der Waals surface area (Å²) in [4.78, 5) is 30.6. The number of aryl methyl sites for hydroxylation is 3. The molecule has 1 atom stereocenters. The average Bonchev–Trinajstić information content (AvgIpc) is 3.09. The van der Waals surface area contributed by atoms with Gasteiger partial charge in [0.15, 0.2) is 5.43 Å². The number of ether oxygens (including phenoxy) is 1. The molecule has 0 radical (unpaired) electrons. The van der Waals surface area contributed by atoms with Gasteiger partial charge < -0.3 is 19.0 Å². The van der Waals surface area contributed by atoms with E-state index in [2.05, 4.69) is 0 Å². The number of morpholine rings is 1. The lowest BCUT2D eigenvalue weighted by Gasteiger charge is -2.27. The highest BCUT2D eigenvalue weighted by molar-refractivity contribution is 5.99. The van der Waals surface area contributed by atoms with Crippen molar-refractivity contribution in [2.45, 2.75) is 33.2 Å². The number of rotatable bonds is 5. The number of hydrogen-bond acceptors (Lipinski definition) is 4. The molecule has 0 aliphatic carbocycles. The van der Waals surface area contributed by atoms with Crippen molar-refractivity contribution in [3.63, 3.8) is 0 Å². The fraction of sp³-hybridized carbons (Fsp3) is 0.407. The molecule has 0 spiro atoms. The maximum atomic E-state index is 13.7. The molecular formula is C27H31N2O4+. The van der Waals surface area contributed by atoms with Crippen LogP contribution < -0.4 is 10.3 Å². The van der Waals surface area contributed by atoms with Crippen molar-refractivity contribution < 1.29 is 18.8 Å². The zero-order valence-electron chi connectivity index (χ0n) is 19.6. The second-order valence-corrected chi connectivity index (χ2v) is 9.38. The first-order valence-corrected chi connectivity index (χ1v) is 11.8. The van der Waals surface area contributed by atoms with Crippen LogP contribution in [0.4, 0.5) is 0 Å². The number of benzene rings is 2. The van der Waals surface area contributed by atoms with Crippen molar-refractivity contribution >= 4 is 16.9 Å². The minimum atomic E-state index is -0.421. The van der Waals surface area contributed by atoms with E-state index in [-0.39, 0.29) is 17.1 Å². The van der Waals surface area contributed by atoms with E-state index in [0.29, 0.717) is 23.1 Å². The smallest absolute Gasteiger partial charge is 0.290 e. The summed E-state index contributed by atoms with van der Waals surface area (Å²) in [5.74, 6) is 0.00447. The highest BCUT2D eigenvalue weighted by Crippen LogP contribution is 2.38. The summed E-state index contributed by atoms with van der Waals surface area (Å²) in [6.07, 6.45) is 0.864. The second-order valence-electron chi connectivity index (χ2n) is 9.38. The molecule has 1 unspecified atom stereocenters. The van der Waals surface area contributed by atoms with Crippen LogP contribution in [-0.2, 0) is 4.74 Å². The summed E-state index contributed by atoms with van der Waals surface area (Å²) in [6, 6.07) is 11.4. The highest BCUT2D eigenvalue weighted by atomic mass is 16.5. The van der Waals surface area contributed by atoms with Crippen LogP contribution in [0.3, 0.4) is 0 Å². The largest absolute Gasteiger partial charge is 0.450 e. The van der Waals surface area contributed by atoms with Crippen LogP contribution in [-0.4, -0.2) is 50.2 Å². The van der Waals surface area contributed by atoms with Gasteiger partial charge in [0, 0.05) is 13.0 Å². The molecule has 3 heterocycles. The highest BCUT2D eigenvalue weighted by Gasteiger charge is 2.42. The molecule has 0 bridgehead atoms. The number of hydrogen-bond donors (Lipinski definition) is 1. The van der Waals surface area contributed by atoms with Gasteiger partial charge in [-0.15, -0.1) is 0 Å².